The van der Waals surface area contributed by atoms with Gasteiger partial charge in [0, 0.05) is 11.1 Å². The summed E-state index contributed by atoms with van der Waals surface area (Å²) >= 11 is 6.09. The number of nitrogens with one attached hydrogen (secondary N) is 2. The fourth-order valence-corrected chi connectivity index (χ4v) is 1.97. The van der Waals surface area contributed by atoms with Crippen LogP contribution in [0.4, 0.5) is 17.3 Å². The molecule has 1 aromatic heterocycles. The van der Waals surface area contributed by atoms with E-state index in [-0.39, 0.29) is 0 Å². The molecule has 0 saturated heterocycles. The van der Waals surface area contributed by atoms with Crippen LogP contribution in [0.25, 0.3) is 0 Å². The van der Waals surface area contributed by atoms with Crippen molar-refractivity contribution in [3.05, 3.63) is 29.0 Å². The maximum Gasteiger partial charge on any atom is 0.205 e. The molecule has 0 aliphatic rings. The molecule has 0 aliphatic carbocycles. The standard InChI is InChI=1S/C13H16ClN5O2/c1-7-4-9(10(20-2)5-8(7)14)18-12-11(21-3)13(19-15)17-6-16-12/h4-6H,15H2,1-3H3,(H2,16,17,18,19). The molecule has 0 spiro atoms. The van der Waals surface area contributed by atoms with Crippen molar-refractivity contribution in [2.75, 3.05) is 25.0 Å². The third kappa shape index (κ3) is 3.09. The smallest absolute Gasteiger partial charge is 0.205 e. The highest BCUT2D eigenvalue weighted by molar-refractivity contribution is 6.31. The highest BCUT2D eigenvalue weighted by Crippen LogP contribution is 2.36. The van der Waals surface area contributed by atoms with Gasteiger partial charge in [0.1, 0.15) is 12.1 Å². The lowest BCUT2D eigenvalue weighted by Crippen LogP contribution is -2.11. The second kappa shape index (κ2) is 6.47. The van der Waals surface area contributed by atoms with E-state index in [1.807, 2.05) is 13.0 Å². The molecule has 2 rings (SSSR count). The van der Waals surface area contributed by atoms with E-state index in [0.717, 1.165) is 5.56 Å². The Morgan fingerprint density at radius 1 is 1.14 bits per heavy atom. The first kappa shape index (κ1) is 15.1. The molecule has 112 valence electrons. The van der Waals surface area contributed by atoms with Crippen LogP contribution in [0.15, 0.2) is 18.5 Å². The molecule has 0 saturated carbocycles. The van der Waals surface area contributed by atoms with Gasteiger partial charge in [-0.15, -0.1) is 0 Å². The number of nitrogen functional groups attached to an aromatic ring is 1. The van der Waals surface area contributed by atoms with Gasteiger partial charge in [0.05, 0.1) is 19.9 Å². The second-order valence-electron chi connectivity index (χ2n) is 4.18. The van der Waals surface area contributed by atoms with Gasteiger partial charge in [0.2, 0.25) is 5.75 Å². The average Bonchev–Trinajstić information content (AvgIpc) is 2.50. The first-order chi connectivity index (χ1) is 10.1. The van der Waals surface area contributed by atoms with Crippen molar-refractivity contribution in [1.29, 1.82) is 0 Å². The Kier molecular flexibility index (Phi) is 4.66. The number of nitrogens with two attached hydrogens (primary N) is 1. The highest BCUT2D eigenvalue weighted by Gasteiger charge is 2.14. The van der Waals surface area contributed by atoms with Crippen LogP contribution in [0.3, 0.4) is 0 Å². The molecule has 8 heteroatoms. The van der Waals surface area contributed by atoms with Crippen LogP contribution in [-0.2, 0) is 0 Å². The summed E-state index contributed by atoms with van der Waals surface area (Å²) in [4.78, 5) is 8.13. The maximum absolute atomic E-state index is 6.09. The quantitative estimate of drug-likeness (QED) is 0.577. The summed E-state index contributed by atoms with van der Waals surface area (Å²) in [5, 5.41) is 3.75. The first-order valence-electron chi connectivity index (χ1n) is 6.07. The normalized spacial score (nSPS) is 10.1. The van der Waals surface area contributed by atoms with Crippen molar-refractivity contribution in [2.24, 2.45) is 5.84 Å². The van der Waals surface area contributed by atoms with Crippen LogP contribution < -0.4 is 26.1 Å². The molecule has 0 unspecified atom stereocenters. The monoisotopic (exact) mass is 309 g/mol. The van der Waals surface area contributed by atoms with Crippen molar-refractivity contribution in [3.63, 3.8) is 0 Å². The number of hydrazine groups is 1. The summed E-state index contributed by atoms with van der Waals surface area (Å²) in [7, 11) is 3.07. The molecule has 0 atom stereocenters. The summed E-state index contributed by atoms with van der Waals surface area (Å²) in [6, 6.07) is 3.59. The summed E-state index contributed by atoms with van der Waals surface area (Å²) < 4.78 is 10.6. The van der Waals surface area contributed by atoms with Crippen LogP contribution in [0.5, 0.6) is 11.5 Å². The van der Waals surface area contributed by atoms with Gasteiger partial charge in [-0.3, -0.25) is 0 Å². The minimum atomic E-state index is 0.375. The first-order valence-corrected chi connectivity index (χ1v) is 6.45. The number of nitrogens with zero attached hydrogens (tertiary/aromatic N) is 2. The lowest BCUT2D eigenvalue weighted by molar-refractivity contribution is 0.413. The minimum Gasteiger partial charge on any atom is -0.495 e. The number of anilines is 3. The van der Waals surface area contributed by atoms with Gasteiger partial charge in [-0.05, 0) is 18.6 Å². The van der Waals surface area contributed by atoms with Gasteiger partial charge in [-0.1, -0.05) is 11.6 Å². The van der Waals surface area contributed by atoms with E-state index in [1.54, 1.807) is 13.2 Å². The highest BCUT2D eigenvalue weighted by atomic mass is 35.5. The van der Waals surface area contributed by atoms with Crippen molar-refractivity contribution < 1.29 is 9.47 Å². The lowest BCUT2D eigenvalue weighted by Gasteiger charge is -2.15. The van der Waals surface area contributed by atoms with Gasteiger partial charge < -0.3 is 20.2 Å². The van der Waals surface area contributed by atoms with Crippen LogP contribution >= 0.6 is 11.6 Å². The van der Waals surface area contributed by atoms with E-state index >= 15 is 0 Å². The molecule has 0 bridgehead atoms. The average molecular weight is 310 g/mol. The number of hydrogen-bond acceptors (Lipinski definition) is 7. The molecule has 4 N–H and O–H groups in total. The van der Waals surface area contributed by atoms with E-state index in [2.05, 4.69) is 20.7 Å². The van der Waals surface area contributed by atoms with Crippen LogP contribution in [0.1, 0.15) is 5.56 Å². The molecule has 0 amide bonds. The number of aryl methyl sites for hydroxylation is 1. The number of methoxy groups -OCH3 is 2. The number of rotatable bonds is 5. The van der Waals surface area contributed by atoms with Crippen molar-refractivity contribution in [1.82, 2.24) is 9.97 Å². The Bertz CT molecular complexity index is 651. The zero-order valence-corrected chi connectivity index (χ0v) is 12.7. The topological polar surface area (TPSA) is 94.3 Å². The number of hydrogen-bond donors (Lipinski definition) is 3. The third-order valence-corrected chi connectivity index (χ3v) is 3.29. The molecule has 0 radical (unpaired) electrons. The molecule has 1 heterocycles. The molecule has 2 aromatic rings. The number of ether oxygens (including phenoxy) is 2. The molecule has 1 aromatic carbocycles. The summed E-state index contributed by atoms with van der Waals surface area (Å²) in [6.07, 6.45) is 1.37. The van der Waals surface area contributed by atoms with Crippen LogP contribution in [-0.4, -0.2) is 24.2 Å². The predicted molar refractivity (Wildman–Crippen MR) is 82.4 cm³/mol. The van der Waals surface area contributed by atoms with Crippen LogP contribution in [0.2, 0.25) is 5.02 Å². The molecule has 0 fully saturated rings. The predicted octanol–water partition coefficient (Wildman–Crippen LogP) is 2.48. The Hall–Kier alpha value is -2.25. The Morgan fingerprint density at radius 3 is 2.48 bits per heavy atom. The van der Waals surface area contributed by atoms with Crippen molar-refractivity contribution in [3.8, 4) is 11.5 Å². The number of benzene rings is 1. The Balaban J connectivity index is 2.45. The van der Waals surface area contributed by atoms with Gasteiger partial charge in [-0.2, -0.15) is 0 Å². The minimum absolute atomic E-state index is 0.375. The Labute approximate surface area is 127 Å². The van der Waals surface area contributed by atoms with E-state index in [0.29, 0.717) is 33.8 Å². The fraction of sp³-hybridized carbons (Fsp3) is 0.231. The summed E-state index contributed by atoms with van der Waals surface area (Å²) in [6.45, 7) is 1.90. The molecule has 7 nitrogen and oxygen atoms in total. The molecule has 21 heavy (non-hydrogen) atoms. The molecular weight excluding hydrogens is 294 g/mol. The van der Waals surface area contributed by atoms with E-state index in [9.17, 15) is 0 Å². The Morgan fingerprint density at radius 2 is 1.86 bits per heavy atom. The lowest BCUT2D eigenvalue weighted by atomic mass is 10.2. The summed E-state index contributed by atoms with van der Waals surface area (Å²) in [5.74, 6) is 7.22. The number of halogens is 1. The zero-order chi connectivity index (χ0) is 15.4. The SMILES string of the molecule is COc1cc(Cl)c(C)cc1Nc1ncnc(NN)c1OC. The summed E-state index contributed by atoms with van der Waals surface area (Å²) in [5.41, 5.74) is 4.07. The second-order valence-corrected chi connectivity index (χ2v) is 4.58. The van der Waals surface area contributed by atoms with E-state index in [1.165, 1.54) is 13.4 Å². The van der Waals surface area contributed by atoms with Crippen molar-refractivity contribution in [2.45, 2.75) is 6.92 Å². The number of aromatic nitrogens is 2. The van der Waals surface area contributed by atoms with Gasteiger partial charge in [-0.25, -0.2) is 15.8 Å². The fourth-order valence-electron chi connectivity index (χ4n) is 1.82. The van der Waals surface area contributed by atoms with Gasteiger partial charge in [0.25, 0.3) is 0 Å². The maximum atomic E-state index is 6.09. The van der Waals surface area contributed by atoms with Gasteiger partial charge in [0.15, 0.2) is 11.6 Å². The van der Waals surface area contributed by atoms with Crippen molar-refractivity contribution >= 4 is 28.9 Å². The van der Waals surface area contributed by atoms with E-state index < -0.39 is 0 Å². The van der Waals surface area contributed by atoms with Crippen LogP contribution in [0, 0.1) is 6.92 Å². The van der Waals surface area contributed by atoms with Gasteiger partial charge >= 0.3 is 0 Å². The molecule has 0 aliphatic heterocycles. The molecular formula is C13H16ClN5O2. The van der Waals surface area contributed by atoms with E-state index in [4.69, 9.17) is 26.9 Å². The third-order valence-electron chi connectivity index (χ3n) is 2.88. The zero-order valence-electron chi connectivity index (χ0n) is 11.9. The largest absolute Gasteiger partial charge is 0.495 e.